The van der Waals surface area contributed by atoms with Crippen molar-refractivity contribution in [2.75, 3.05) is 17.7 Å². The van der Waals surface area contributed by atoms with Crippen molar-refractivity contribution in [3.05, 3.63) is 17.8 Å². The van der Waals surface area contributed by atoms with Crippen LogP contribution in [0.25, 0.3) is 0 Å². The van der Waals surface area contributed by atoms with Gasteiger partial charge in [-0.25, -0.2) is 9.78 Å². The summed E-state index contributed by atoms with van der Waals surface area (Å²) in [4.78, 5) is 27.6. The van der Waals surface area contributed by atoms with E-state index in [1.54, 1.807) is 11.6 Å². The largest absolute Gasteiger partial charge is 0.453 e. The highest BCUT2D eigenvalue weighted by molar-refractivity contribution is 7.13. The second-order valence-corrected chi connectivity index (χ2v) is 4.16. The number of aromatic nitrogens is 4. The zero-order chi connectivity index (χ0) is 13.7. The van der Waals surface area contributed by atoms with E-state index < -0.39 is 6.09 Å². The van der Waals surface area contributed by atoms with Gasteiger partial charge in [0.05, 0.1) is 13.3 Å². The molecule has 0 aliphatic carbocycles. The summed E-state index contributed by atoms with van der Waals surface area (Å²) in [7, 11) is 1.24. The highest BCUT2D eigenvalue weighted by Crippen LogP contribution is 2.10. The van der Waals surface area contributed by atoms with Gasteiger partial charge in [0, 0.05) is 11.6 Å². The van der Waals surface area contributed by atoms with Crippen molar-refractivity contribution in [3.63, 3.8) is 0 Å². The SMILES string of the molecule is COC(=O)Nc1cnn(CC(=O)Nc2nccs2)n1. The molecule has 0 saturated heterocycles. The maximum atomic E-state index is 11.6. The standard InChI is InChI=1S/C9H10N6O3S/c1-18-9(17)12-6-4-11-15(14-6)5-7(16)13-8-10-2-3-19-8/h2-4H,5H2,1H3,(H,10,13,16)(H,12,14,17). The molecule has 0 atom stereocenters. The first-order valence-electron chi connectivity index (χ1n) is 5.12. The van der Waals surface area contributed by atoms with Gasteiger partial charge in [-0.15, -0.1) is 16.4 Å². The van der Waals surface area contributed by atoms with Gasteiger partial charge in [0.15, 0.2) is 10.9 Å². The first-order chi connectivity index (χ1) is 9.17. The van der Waals surface area contributed by atoms with E-state index in [9.17, 15) is 9.59 Å². The highest BCUT2D eigenvalue weighted by Gasteiger charge is 2.09. The molecule has 2 rings (SSSR count). The third kappa shape index (κ3) is 3.74. The van der Waals surface area contributed by atoms with Gasteiger partial charge in [-0.3, -0.25) is 10.1 Å². The fourth-order valence-electron chi connectivity index (χ4n) is 1.16. The fraction of sp³-hybridized carbons (Fsp3) is 0.222. The molecule has 9 nitrogen and oxygen atoms in total. The van der Waals surface area contributed by atoms with Crippen LogP contribution in [0.1, 0.15) is 0 Å². The summed E-state index contributed by atoms with van der Waals surface area (Å²) in [6.07, 6.45) is 2.25. The maximum absolute atomic E-state index is 11.6. The number of carbonyl (C=O) groups is 2. The first-order valence-corrected chi connectivity index (χ1v) is 6.00. The van der Waals surface area contributed by atoms with E-state index in [4.69, 9.17) is 0 Å². The lowest BCUT2D eigenvalue weighted by Crippen LogP contribution is -2.20. The smallest absolute Gasteiger partial charge is 0.412 e. The van der Waals surface area contributed by atoms with Gasteiger partial charge >= 0.3 is 6.09 Å². The minimum absolute atomic E-state index is 0.0809. The summed E-state index contributed by atoms with van der Waals surface area (Å²) in [6, 6.07) is 0. The van der Waals surface area contributed by atoms with E-state index in [0.717, 1.165) is 4.80 Å². The summed E-state index contributed by atoms with van der Waals surface area (Å²) < 4.78 is 4.40. The molecule has 0 unspecified atom stereocenters. The van der Waals surface area contributed by atoms with Crippen LogP contribution in [0.5, 0.6) is 0 Å². The van der Waals surface area contributed by atoms with Crippen molar-refractivity contribution >= 4 is 34.3 Å². The number of carbonyl (C=O) groups excluding carboxylic acids is 2. The van der Waals surface area contributed by atoms with Crippen molar-refractivity contribution in [2.45, 2.75) is 6.54 Å². The molecule has 0 fully saturated rings. The Morgan fingerprint density at radius 3 is 3.00 bits per heavy atom. The molecular weight excluding hydrogens is 272 g/mol. The van der Waals surface area contributed by atoms with Crippen LogP contribution < -0.4 is 10.6 Å². The van der Waals surface area contributed by atoms with Crippen molar-refractivity contribution in [3.8, 4) is 0 Å². The molecule has 0 radical (unpaired) electrons. The molecule has 2 heterocycles. The van der Waals surface area contributed by atoms with E-state index in [1.165, 1.54) is 24.6 Å². The van der Waals surface area contributed by atoms with Crippen LogP contribution in [0.2, 0.25) is 0 Å². The Balaban J connectivity index is 1.89. The number of amides is 2. The molecule has 0 saturated carbocycles. The second-order valence-electron chi connectivity index (χ2n) is 3.26. The van der Waals surface area contributed by atoms with E-state index in [0.29, 0.717) is 5.13 Å². The third-order valence-corrected chi connectivity index (χ3v) is 2.60. The van der Waals surface area contributed by atoms with E-state index in [1.807, 2.05) is 0 Å². The molecule has 0 bridgehead atoms. The molecule has 10 heteroatoms. The number of rotatable bonds is 4. The summed E-state index contributed by atoms with van der Waals surface area (Å²) >= 11 is 1.31. The van der Waals surface area contributed by atoms with Gasteiger partial charge in [0.2, 0.25) is 5.91 Å². The van der Waals surface area contributed by atoms with Crippen molar-refractivity contribution in [2.24, 2.45) is 0 Å². The van der Waals surface area contributed by atoms with Crippen LogP contribution in [0.4, 0.5) is 15.7 Å². The molecular formula is C9H10N6O3S. The van der Waals surface area contributed by atoms with Gasteiger partial charge in [0.25, 0.3) is 0 Å². The van der Waals surface area contributed by atoms with Crippen molar-refractivity contribution in [1.29, 1.82) is 0 Å². The number of nitrogens with zero attached hydrogens (tertiary/aromatic N) is 4. The maximum Gasteiger partial charge on any atom is 0.412 e. The van der Waals surface area contributed by atoms with Crippen molar-refractivity contribution < 1.29 is 14.3 Å². The fourth-order valence-corrected chi connectivity index (χ4v) is 1.70. The predicted octanol–water partition coefficient (Wildman–Crippen LogP) is 0.552. The van der Waals surface area contributed by atoms with E-state index in [-0.39, 0.29) is 18.3 Å². The summed E-state index contributed by atoms with van der Waals surface area (Å²) in [5.74, 6) is -0.107. The molecule has 2 N–H and O–H groups in total. The summed E-state index contributed by atoms with van der Waals surface area (Å²) in [6.45, 7) is -0.0809. The van der Waals surface area contributed by atoms with Gasteiger partial charge in [-0.1, -0.05) is 0 Å². The van der Waals surface area contributed by atoms with Crippen LogP contribution in [0.15, 0.2) is 17.8 Å². The molecule has 2 aromatic rings. The van der Waals surface area contributed by atoms with Crippen molar-refractivity contribution in [1.82, 2.24) is 20.0 Å². The summed E-state index contributed by atoms with van der Waals surface area (Å²) in [5.41, 5.74) is 0. The van der Waals surface area contributed by atoms with Crippen LogP contribution in [-0.4, -0.2) is 39.1 Å². The van der Waals surface area contributed by atoms with Crippen LogP contribution in [-0.2, 0) is 16.1 Å². The number of ether oxygens (including phenoxy) is 1. The van der Waals surface area contributed by atoms with Crippen LogP contribution in [0.3, 0.4) is 0 Å². The van der Waals surface area contributed by atoms with Crippen LogP contribution >= 0.6 is 11.3 Å². The monoisotopic (exact) mass is 282 g/mol. The molecule has 0 aromatic carbocycles. The number of hydrogen-bond donors (Lipinski definition) is 2. The van der Waals surface area contributed by atoms with Gasteiger partial charge < -0.3 is 10.1 Å². The van der Waals surface area contributed by atoms with Gasteiger partial charge in [-0.2, -0.15) is 9.90 Å². The Morgan fingerprint density at radius 2 is 2.32 bits per heavy atom. The normalized spacial score (nSPS) is 9.95. The molecule has 19 heavy (non-hydrogen) atoms. The summed E-state index contributed by atoms with van der Waals surface area (Å²) in [5, 5.41) is 14.9. The Labute approximate surface area is 111 Å². The lowest BCUT2D eigenvalue weighted by Gasteiger charge is -2.00. The Kier molecular flexibility index (Phi) is 4.03. The second kappa shape index (κ2) is 5.91. The highest BCUT2D eigenvalue weighted by atomic mass is 32.1. The number of hydrogen-bond acceptors (Lipinski definition) is 7. The molecule has 100 valence electrons. The molecule has 0 aliphatic heterocycles. The lowest BCUT2D eigenvalue weighted by atomic mass is 10.6. The molecule has 0 aliphatic rings. The average molecular weight is 282 g/mol. The quantitative estimate of drug-likeness (QED) is 0.847. The third-order valence-electron chi connectivity index (χ3n) is 1.92. The average Bonchev–Trinajstić information content (AvgIpc) is 3.01. The lowest BCUT2D eigenvalue weighted by molar-refractivity contribution is -0.117. The molecule has 0 spiro atoms. The van der Waals surface area contributed by atoms with Crippen LogP contribution in [0, 0.1) is 0 Å². The number of nitrogens with one attached hydrogen (secondary N) is 2. The van der Waals surface area contributed by atoms with Gasteiger partial charge in [0.1, 0.15) is 6.54 Å². The minimum atomic E-state index is -0.653. The Hall–Kier alpha value is -2.49. The Bertz CT molecular complexity index is 566. The van der Waals surface area contributed by atoms with E-state index in [2.05, 4.69) is 30.6 Å². The van der Waals surface area contributed by atoms with E-state index >= 15 is 0 Å². The zero-order valence-corrected chi connectivity index (χ0v) is 10.7. The Morgan fingerprint density at radius 1 is 1.47 bits per heavy atom. The predicted molar refractivity (Wildman–Crippen MR) is 66.8 cm³/mol. The number of thiazole rings is 1. The number of methoxy groups -OCH3 is 1. The minimum Gasteiger partial charge on any atom is -0.453 e. The molecule has 2 aromatic heterocycles. The number of anilines is 2. The first kappa shape index (κ1) is 13.0. The zero-order valence-electron chi connectivity index (χ0n) is 9.86. The topological polar surface area (TPSA) is 111 Å². The van der Waals surface area contributed by atoms with Gasteiger partial charge in [-0.05, 0) is 0 Å². The molecule has 2 amide bonds.